The van der Waals surface area contributed by atoms with Gasteiger partial charge in [-0.05, 0) is 23.7 Å². The minimum Gasteiger partial charge on any atom is -0.268 e. The van der Waals surface area contributed by atoms with Gasteiger partial charge in [-0.2, -0.15) is 5.10 Å². The molecule has 0 bridgehead atoms. The van der Waals surface area contributed by atoms with Crippen molar-refractivity contribution >= 4 is 12.2 Å². The number of aryl methyl sites for hydroxylation is 1. The molecule has 1 aliphatic rings. The lowest BCUT2D eigenvalue weighted by Crippen LogP contribution is -2.34. The van der Waals surface area contributed by atoms with E-state index in [1.165, 1.54) is 23.4 Å². The lowest BCUT2D eigenvalue weighted by Gasteiger charge is -2.28. The van der Waals surface area contributed by atoms with Gasteiger partial charge in [0, 0.05) is 12.3 Å². The zero-order valence-electron chi connectivity index (χ0n) is 11.0. The molecule has 1 aliphatic carbocycles. The third kappa shape index (κ3) is 2.21. The van der Waals surface area contributed by atoms with Crippen molar-refractivity contribution in [2.45, 2.75) is 40.5 Å². The van der Waals surface area contributed by atoms with Crippen LogP contribution in [0.1, 0.15) is 40.5 Å². The molecule has 1 aromatic rings. The minimum absolute atomic E-state index is 0.258. The highest BCUT2D eigenvalue weighted by atomic mass is 15.2. The summed E-state index contributed by atoms with van der Waals surface area (Å²) in [5.74, 6) is 0. The van der Waals surface area contributed by atoms with E-state index in [0.29, 0.717) is 0 Å². The van der Waals surface area contributed by atoms with Crippen molar-refractivity contribution in [3.63, 3.8) is 0 Å². The Balaban J connectivity index is 2.74. The molecular weight excluding hydrogens is 196 g/mol. The van der Waals surface area contributed by atoms with Crippen LogP contribution in [0.15, 0.2) is 6.20 Å². The summed E-state index contributed by atoms with van der Waals surface area (Å²) >= 11 is 0. The molecule has 0 spiro atoms. The zero-order valence-corrected chi connectivity index (χ0v) is 11.0. The Morgan fingerprint density at radius 1 is 1.06 bits per heavy atom. The van der Waals surface area contributed by atoms with Crippen molar-refractivity contribution in [2.75, 3.05) is 0 Å². The normalized spacial score (nSPS) is 26.6. The topological polar surface area (TPSA) is 17.8 Å². The van der Waals surface area contributed by atoms with Crippen molar-refractivity contribution < 1.29 is 0 Å². The van der Waals surface area contributed by atoms with Crippen LogP contribution in [0.25, 0.3) is 12.2 Å². The van der Waals surface area contributed by atoms with Crippen LogP contribution in [0, 0.1) is 10.8 Å². The molecule has 0 fully saturated rings. The van der Waals surface area contributed by atoms with E-state index in [-0.39, 0.29) is 10.8 Å². The van der Waals surface area contributed by atoms with E-state index >= 15 is 0 Å². The van der Waals surface area contributed by atoms with Crippen molar-refractivity contribution in [1.82, 2.24) is 9.78 Å². The van der Waals surface area contributed by atoms with Gasteiger partial charge in [-0.25, -0.2) is 0 Å². The molecule has 0 unspecified atom stereocenters. The number of hydrogen-bond donors (Lipinski definition) is 0. The number of aromatic nitrogens is 2. The van der Waals surface area contributed by atoms with Crippen LogP contribution in [-0.4, -0.2) is 9.78 Å². The quantitative estimate of drug-likeness (QED) is 0.649. The van der Waals surface area contributed by atoms with Crippen LogP contribution < -0.4 is 10.6 Å². The first-order valence-corrected chi connectivity index (χ1v) is 6.03. The molecular formula is C14H22N2. The predicted octanol–water partition coefficient (Wildman–Crippen LogP) is 1.83. The summed E-state index contributed by atoms with van der Waals surface area (Å²) in [6.07, 6.45) is 9.16. The molecule has 2 nitrogen and oxygen atoms in total. The maximum Gasteiger partial charge on any atom is 0.0641 e. The maximum atomic E-state index is 4.37. The summed E-state index contributed by atoms with van der Waals surface area (Å²) in [4.78, 5) is 0. The van der Waals surface area contributed by atoms with Gasteiger partial charge in [-0.15, -0.1) is 0 Å². The summed E-state index contributed by atoms with van der Waals surface area (Å²) in [6.45, 7) is 9.24. The van der Waals surface area contributed by atoms with E-state index < -0.39 is 0 Å². The van der Waals surface area contributed by atoms with Gasteiger partial charge in [0.1, 0.15) is 0 Å². The fourth-order valence-corrected chi connectivity index (χ4v) is 2.33. The predicted molar refractivity (Wildman–Crippen MR) is 68.2 cm³/mol. The lowest BCUT2D eigenvalue weighted by atomic mass is 9.77. The third-order valence-corrected chi connectivity index (χ3v) is 3.50. The van der Waals surface area contributed by atoms with Gasteiger partial charge in [-0.1, -0.05) is 39.8 Å². The smallest absolute Gasteiger partial charge is 0.0641 e. The molecule has 16 heavy (non-hydrogen) atoms. The van der Waals surface area contributed by atoms with E-state index in [2.05, 4.69) is 44.9 Å². The molecule has 2 rings (SSSR count). The average molecular weight is 218 g/mol. The third-order valence-electron chi connectivity index (χ3n) is 3.50. The van der Waals surface area contributed by atoms with Crippen molar-refractivity contribution in [3.8, 4) is 0 Å². The highest BCUT2D eigenvalue weighted by Gasteiger charge is 2.23. The molecule has 0 aliphatic heterocycles. The van der Waals surface area contributed by atoms with Gasteiger partial charge < -0.3 is 0 Å². The second-order valence-corrected chi connectivity index (χ2v) is 6.37. The number of hydrogen-bond acceptors (Lipinski definition) is 1. The maximum absolute atomic E-state index is 4.37. The monoisotopic (exact) mass is 218 g/mol. The lowest BCUT2D eigenvalue weighted by molar-refractivity contribution is 0.356. The fraction of sp³-hybridized carbons (Fsp3) is 0.643. The molecule has 2 heteroatoms. The summed E-state index contributed by atoms with van der Waals surface area (Å²) in [5, 5.41) is 6.91. The Hall–Kier alpha value is -1.05. The molecule has 0 N–H and O–H groups in total. The van der Waals surface area contributed by atoms with Crippen LogP contribution in [0.4, 0.5) is 0 Å². The molecule has 0 saturated carbocycles. The van der Waals surface area contributed by atoms with E-state index in [9.17, 15) is 0 Å². The minimum atomic E-state index is 0.258. The fourth-order valence-electron chi connectivity index (χ4n) is 2.33. The van der Waals surface area contributed by atoms with E-state index in [1.807, 2.05) is 17.9 Å². The Morgan fingerprint density at radius 3 is 2.25 bits per heavy atom. The zero-order chi connectivity index (χ0) is 12.0. The van der Waals surface area contributed by atoms with E-state index in [1.54, 1.807) is 0 Å². The van der Waals surface area contributed by atoms with Crippen LogP contribution in [-0.2, 0) is 7.05 Å². The average Bonchev–Trinajstić information content (AvgIpc) is 2.45. The summed E-state index contributed by atoms with van der Waals surface area (Å²) in [6, 6.07) is 0. The molecule has 1 heterocycles. The molecule has 0 aromatic carbocycles. The Kier molecular flexibility index (Phi) is 2.48. The Bertz CT molecular complexity index is 503. The van der Waals surface area contributed by atoms with Gasteiger partial charge in [0.2, 0.25) is 0 Å². The first-order chi connectivity index (χ1) is 7.29. The Labute approximate surface area is 97.7 Å². The van der Waals surface area contributed by atoms with Gasteiger partial charge >= 0.3 is 0 Å². The molecule has 0 radical (unpaired) electrons. The van der Waals surface area contributed by atoms with Crippen LogP contribution >= 0.6 is 0 Å². The van der Waals surface area contributed by atoms with Gasteiger partial charge in [0.25, 0.3) is 0 Å². The highest BCUT2D eigenvalue weighted by molar-refractivity contribution is 5.37. The van der Waals surface area contributed by atoms with Crippen LogP contribution in [0.2, 0.25) is 0 Å². The number of rotatable bonds is 0. The van der Waals surface area contributed by atoms with Crippen molar-refractivity contribution in [3.05, 3.63) is 16.8 Å². The van der Waals surface area contributed by atoms with Crippen molar-refractivity contribution in [1.29, 1.82) is 0 Å². The molecule has 0 saturated heterocycles. The second kappa shape index (κ2) is 3.47. The van der Waals surface area contributed by atoms with Gasteiger partial charge in [0.15, 0.2) is 0 Å². The van der Waals surface area contributed by atoms with Crippen LogP contribution in [0.5, 0.6) is 0 Å². The first-order valence-electron chi connectivity index (χ1n) is 6.03. The SMILES string of the molecule is Cn1ncc2/c1=C\C(C)(C)CCC(C)(C)\C=2. The highest BCUT2D eigenvalue weighted by Crippen LogP contribution is 2.33. The van der Waals surface area contributed by atoms with E-state index in [0.717, 1.165) is 0 Å². The second-order valence-electron chi connectivity index (χ2n) is 6.37. The number of nitrogens with zero attached hydrogens (tertiary/aromatic N) is 2. The summed E-state index contributed by atoms with van der Waals surface area (Å²) in [5.41, 5.74) is 0.525. The summed E-state index contributed by atoms with van der Waals surface area (Å²) < 4.78 is 1.98. The van der Waals surface area contributed by atoms with Gasteiger partial charge in [0.05, 0.1) is 11.5 Å². The van der Waals surface area contributed by atoms with Crippen molar-refractivity contribution in [2.24, 2.45) is 17.9 Å². The largest absolute Gasteiger partial charge is 0.268 e. The molecule has 0 amide bonds. The first kappa shape index (κ1) is 11.4. The molecule has 1 aromatic heterocycles. The number of fused-ring (bicyclic) bond motifs is 1. The van der Waals surface area contributed by atoms with Crippen LogP contribution in [0.3, 0.4) is 0 Å². The molecule has 0 atom stereocenters. The summed E-state index contributed by atoms with van der Waals surface area (Å²) in [7, 11) is 2.02. The standard InChI is InChI=1S/C14H22N2/c1-13(2)6-7-14(3,4)9-12-11(8-13)10-15-16(12)5/h8-10H,6-7H2,1-5H3/b11-8-,12-9+. The molecule has 88 valence electrons. The van der Waals surface area contributed by atoms with E-state index in [4.69, 9.17) is 0 Å². The van der Waals surface area contributed by atoms with Gasteiger partial charge in [-0.3, -0.25) is 4.68 Å². The Morgan fingerprint density at radius 2 is 1.62 bits per heavy atom.